The van der Waals surface area contributed by atoms with Gasteiger partial charge >= 0.3 is 0 Å². The quantitative estimate of drug-likeness (QED) is 0.487. The van der Waals surface area contributed by atoms with E-state index < -0.39 is 12.2 Å². The smallest absolute Gasteiger partial charge is 0.296 e. The summed E-state index contributed by atoms with van der Waals surface area (Å²) in [6, 6.07) is 8.78. The maximum Gasteiger partial charge on any atom is 0.296 e. The number of hydrogen-bond acceptors (Lipinski definition) is 8. The number of alkyl halides is 2. The van der Waals surface area contributed by atoms with Crippen molar-refractivity contribution in [1.29, 1.82) is 0 Å². The van der Waals surface area contributed by atoms with Gasteiger partial charge < -0.3 is 15.0 Å². The zero-order valence-electron chi connectivity index (χ0n) is 17.3. The number of hydrogen-bond donors (Lipinski definition) is 1. The van der Waals surface area contributed by atoms with Crippen molar-refractivity contribution in [2.45, 2.75) is 13.0 Å². The molecule has 5 rings (SSSR count). The summed E-state index contributed by atoms with van der Waals surface area (Å²) >= 11 is 0. The lowest BCUT2D eigenvalue weighted by molar-refractivity contribution is 0.122. The van der Waals surface area contributed by atoms with Crippen molar-refractivity contribution in [1.82, 2.24) is 34.3 Å². The molecule has 3 aromatic heterocycles. The average molecular weight is 441 g/mol. The van der Waals surface area contributed by atoms with Crippen LogP contribution in [0.1, 0.15) is 17.9 Å². The first-order valence-corrected chi connectivity index (χ1v) is 10.2. The van der Waals surface area contributed by atoms with Crippen molar-refractivity contribution in [3.8, 4) is 5.95 Å². The third-order valence-electron chi connectivity index (χ3n) is 5.08. The molecule has 0 aliphatic carbocycles. The second kappa shape index (κ2) is 8.46. The number of morpholine rings is 1. The maximum absolute atomic E-state index is 13.9. The maximum atomic E-state index is 13.9. The highest BCUT2D eigenvalue weighted by Crippen LogP contribution is 2.27. The normalized spacial score (nSPS) is 14.4. The SMILES string of the molecule is Cn1ccc(CNc2nc(N3CCOCC3)nc(-n3c(C(F)F)nc4ccccc43)n2)n1. The molecule has 0 spiro atoms. The van der Waals surface area contributed by atoms with Crippen molar-refractivity contribution in [2.75, 3.05) is 36.5 Å². The van der Waals surface area contributed by atoms with E-state index in [1.807, 2.05) is 24.2 Å². The van der Waals surface area contributed by atoms with Crippen LogP contribution in [0.5, 0.6) is 0 Å². The van der Waals surface area contributed by atoms with E-state index in [0.717, 1.165) is 5.69 Å². The van der Waals surface area contributed by atoms with Crippen LogP contribution in [0.4, 0.5) is 20.7 Å². The minimum Gasteiger partial charge on any atom is -0.378 e. The molecule has 166 valence electrons. The molecule has 4 heterocycles. The van der Waals surface area contributed by atoms with E-state index in [1.165, 1.54) is 4.57 Å². The number of para-hydroxylation sites is 2. The van der Waals surface area contributed by atoms with Crippen LogP contribution >= 0.6 is 0 Å². The van der Waals surface area contributed by atoms with Crippen molar-refractivity contribution >= 4 is 22.9 Å². The van der Waals surface area contributed by atoms with Gasteiger partial charge in [0.25, 0.3) is 6.43 Å². The molecule has 1 aliphatic rings. The van der Waals surface area contributed by atoms with Gasteiger partial charge in [-0.3, -0.25) is 9.25 Å². The molecule has 0 unspecified atom stereocenters. The van der Waals surface area contributed by atoms with Crippen LogP contribution in [-0.2, 0) is 18.3 Å². The van der Waals surface area contributed by atoms with Gasteiger partial charge in [-0.05, 0) is 18.2 Å². The highest BCUT2D eigenvalue weighted by molar-refractivity contribution is 5.77. The van der Waals surface area contributed by atoms with Crippen molar-refractivity contribution in [3.63, 3.8) is 0 Å². The van der Waals surface area contributed by atoms with Crippen molar-refractivity contribution in [2.24, 2.45) is 7.05 Å². The fourth-order valence-electron chi connectivity index (χ4n) is 3.57. The monoisotopic (exact) mass is 441 g/mol. The molecule has 12 heteroatoms. The van der Waals surface area contributed by atoms with Gasteiger partial charge in [0, 0.05) is 26.3 Å². The predicted octanol–water partition coefficient (Wildman–Crippen LogP) is 2.33. The van der Waals surface area contributed by atoms with Gasteiger partial charge in [-0.1, -0.05) is 12.1 Å². The number of halogens is 2. The van der Waals surface area contributed by atoms with Crippen molar-refractivity contribution in [3.05, 3.63) is 48.0 Å². The molecular weight excluding hydrogens is 420 g/mol. The Hall–Kier alpha value is -3.67. The van der Waals surface area contributed by atoms with Crippen LogP contribution in [0.2, 0.25) is 0 Å². The molecule has 32 heavy (non-hydrogen) atoms. The molecule has 0 amide bonds. The van der Waals surface area contributed by atoms with E-state index in [1.54, 1.807) is 28.9 Å². The minimum absolute atomic E-state index is 0.0778. The number of fused-ring (bicyclic) bond motifs is 1. The number of anilines is 2. The largest absolute Gasteiger partial charge is 0.378 e. The average Bonchev–Trinajstić information content (AvgIpc) is 3.41. The van der Waals surface area contributed by atoms with E-state index in [2.05, 4.69) is 30.4 Å². The standard InChI is InChI=1S/C20H21F2N9O/c1-29-7-6-13(28-29)12-23-18-25-19(30-8-10-32-11-9-30)27-20(26-18)31-15-5-3-2-4-14(15)24-17(31)16(21)22/h2-7,16H,8-12H2,1H3,(H,23,25,26,27). The molecule has 0 atom stereocenters. The topological polar surface area (TPSA) is 98.8 Å². The Bertz CT molecular complexity index is 1230. The van der Waals surface area contributed by atoms with Crippen molar-refractivity contribution < 1.29 is 13.5 Å². The summed E-state index contributed by atoms with van der Waals surface area (Å²) in [5.74, 6) is 0.315. The number of benzene rings is 1. The zero-order valence-corrected chi connectivity index (χ0v) is 17.3. The summed E-state index contributed by atoms with van der Waals surface area (Å²) in [7, 11) is 1.83. The van der Waals surface area contributed by atoms with Gasteiger partial charge in [0.05, 0.1) is 36.5 Å². The fraction of sp³-hybridized carbons (Fsp3) is 0.350. The number of rotatable bonds is 6. The molecule has 1 N–H and O–H groups in total. The number of aryl methyl sites for hydroxylation is 1. The van der Waals surface area contributed by atoms with E-state index in [4.69, 9.17) is 4.74 Å². The Morgan fingerprint density at radius 3 is 2.56 bits per heavy atom. The molecule has 1 aromatic carbocycles. The highest BCUT2D eigenvalue weighted by atomic mass is 19.3. The minimum atomic E-state index is -2.80. The lowest BCUT2D eigenvalue weighted by Gasteiger charge is -2.27. The molecule has 10 nitrogen and oxygen atoms in total. The Labute approximate surface area is 181 Å². The first-order valence-electron chi connectivity index (χ1n) is 10.2. The molecule has 0 bridgehead atoms. The van der Waals surface area contributed by atoms with Gasteiger partial charge in [-0.2, -0.15) is 20.1 Å². The van der Waals surface area contributed by atoms with Crippen LogP contribution < -0.4 is 10.2 Å². The number of nitrogens with zero attached hydrogens (tertiary/aromatic N) is 8. The van der Waals surface area contributed by atoms with Gasteiger partial charge in [-0.15, -0.1) is 0 Å². The van der Waals surface area contributed by atoms with Gasteiger partial charge in [-0.25, -0.2) is 13.8 Å². The van der Waals surface area contributed by atoms with Crippen LogP contribution in [-0.4, -0.2) is 60.6 Å². The summed E-state index contributed by atoms with van der Waals surface area (Å²) in [6.45, 7) is 2.63. The Balaban J connectivity index is 1.59. The number of aromatic nitrogens is 7. The molecule has 1 aliphatic heterocycles. The van der Waals surface area contributed by atoms with Crippen LogP contribution in [0.25, 0.3) is 17.0 Å². The lowest BCUT2D eigenvalue weighted by Crippen LogP contribution is -2.37. The van der Waals surface area contributed by atoms with Gasteiger partial charge in [0.2, 0.25) is 17.8 Å². The zero-order chi connectivity index (χ0) is 22.1. The second-order valence-electron chi connectivity index (χ2n) is 7.29. The molecule has 4 aromatic rings. The van der Waals surface area contributed by atoms with E-state index in [-0.39, 0.29) is 11.9 Å². The number of nitrogens with one attached hydrogen (secondary N) is 1. The fourth-order valence-corrected chi connectivity index (χ4v) is 3.57. The Kier molecular flexibility index (Phi) is 5.35. The molecule has 1 fully saturated rings. The van der Waals surface area contributed by atoms with Gasteiger partial charge in [0.15, 0.2) is 5.82 Å². The predicted molar refractivity (Wildman–Crippen MR) is 113 cm³/mol. The van der Waals surface area contributed by atoms with Crippen LogP contribution in [0.15, 0.2) is 36.5 Å². The highest BCUT2D eigenvalue weighted by Gasteiger charge is 2.24. The summed E-state index contributed by atoms with van der Waals surface area (Å²) in [5, 5.41) is 7.47. The summed E-state index contributed by atoms with van der Waals surface area (Å²) in [5.41, 5.74) is 1.74. The molecule has 1 saturated heterocycles. The molecule has 0 saturated carbocycles. The lowest BCUT2D eigenvalue weighted by atomic mass is 10.3. The number of imidazole rings is 1. The molecular formula is C20H21F2N9O. The second-order valence-corrected chi connectivity index (χ2v) is 7.29. The number of ether oxygens (including phenoxy) is 1. The first kappa shape index (κ1) is 20.2. The molecule has 0 radical (unpaired) electrons. The van der Waals surface area contributed by atoms with Crippen LogP contribution in [0, 0.1) is 0 Å². The van der Waals surface area contributed by atoms with E-state index >= 15 is 0 Å². The van der Waals surface area contributed by atoms with E-state index in [0.29, 0.717) is 49.8 Å². The van der Waals surface area contributed by atoms with Gasteiger partial charge in [0.1, 0.15) is 0 Å². The summed E-state index contributed by atoms with van der Waals surface area (Å²) in [6.07, 6.45) is -0.961. The Morgan fingerprint density at radius 1 is 1.03 bits per heavy atom. The van der Waals surface area contributed by atoms with E-state index in [9.17, 15) is 8.78 Å². The third kappa shape index (κ3) is 3.96. The summed E-state index contributed by atoms with van der Waals surface area (Å²) in [4.78, 5) is 19.6. The summed E-state index contributed by atoms with van der Waals surface area (Å²) < 4.78 is 36.1. The third-order valence-corrected chi connectivity index (χ3v) is 5.08. The Morgan fingerprint density at radius 2 is 1.81 bits per heavy atom. The first-order chi connectivity index (χ1) is 15.6. The van der Waals surface area contributed by atoms with Crippen LogP contribution in [0.3, 0.4) is 0 Å².